The number of nitrogens with one attached hydrogen (secondary N) is 1. The predicted octanol–water partition coefficient (Wildman–Crippen LogP) is 2.53. The number of amides is 1. The smallest absolute Gasteiger partial charge is 0.337 e. The standard InChI is InChI=1S/C15H16N2O3/c1-10-13(16-11(2)18)8-12(15(19)20-3)9-14(10)17-6-4-5-7-17/h4-9H,1-3H3,(H,16,18). The van der Waals surface area contributed by atoms with E-state index in [9.17, 15) is 9.59 Å². The molecule has 1 N–H and O–H groups in total. The van der Waals surface area contributed by atoms with Crippen molar-refractivity contribution >= 4 is 17.6 Å². The molecule has 1 aromatic heterocycles. The van der Waals surface area contributed by atoms with Gasteiger partial charge in [0.25, 0.3) is 0 Å². The van der Waals surface area contributed by atoms with Crippen molar-refractivity contribution in [1.82, 2.24) is 4.57 Å². The molecule has 0 saturated heterocycles. The van der Waals surface area contributed by atoms with Crippen molar-refractivity contribution in [3.05, 3.63) is 47.8 Å². The van der Waals surface area contributed by atoms with E-state index in [0.29, 0.717) is 11.3 Å². The van der Waals surface area contributed by atoms with Crippen LogP contribution in [0.2, 0.25) is 0 Å². The Morgan fingerprint density at radius 2 is 1.85 bits per heavy atom. The Labute approximate surface area is 117 Å². The third-order valence-electron chi connectivity index (χ3n) is 2.99. The number of hydrogen-bond donors (Lipinski definition) is 1. The molecule has 2 rings (SSSR count). The molecule has 20 heavy (non-hydrogen) atoms. The number of aromatic nitrogens is 1. The minimum atomic E-state index is -0.440. The van der Waals surface area contributed by atoms with Crippen LogP contribution < -0.4 is 5.32 Å². The third-order valence-corrected chi connectivity index (χ3v) is 2.99. The highest BCUT2D eigenvalue weighted by molar-refractivity contribution is 5.95. The van der Waals surface area contributed by atoms with Crippen LogP contribution in [0, 0.1) is 6.92 Å². The monoisotopic (exact) mass is 272 g/mol. The maximum Gasteiger partial charge on any atom is 0.337 e. The van der Waals surface area contributed by atoms with Gasteiger partial charge in [0, 0.05) is 25.0 Å². The highest BCUT2D eigenvalue weighted by Crippen LogP contribution is 2.25. The van der Waals surface area contributed by atoms with Gasteiger partial charge in [-0.3, -0.25) is 4.79 Å². The number of ether oxygens (including phenoxy) is 1. The molecule has 5 heteroatoms. The molecule has 0 aliphatic rings. The van der Waals surface area contributed by atoms with Gasteiger partial charge >= 0.3 is 5.97 Å². The number of benzene rings is 1. The van der Waals surface area contributed by atoms with Gasteiger partial charge in [0.2, 0.25) is 5.91 Å². The van der Waals surface area contributed by atoms with Gasteiger partial charge in [0.05, 0.1) is 18.4 Å². The number of hydrogen-bond acceptors (Lipinski definition) is 3. The van der Waals surface area contributed by atoms with Crippen LogP contribution in [-0.4, -0.2) is 23.6 Å². The van der Waals surface area contributed by atoms with Crippen LogP contribution in [0.4, 0.5) is 5.69 Å². The van der Waals surface area contributed by atoms with E-state index in [0.717, 1.165) is 11.3 Å². The van der Waals surface area contributed by atoms with Crippen molar-refractivity contribution in [2.45, 2.75) is 13.8 Å². The van der Waals surface area contributed by atoms with Crippen molar-refractivity contribution in [3.8, 4) is 5.69 Å². The van der Waals surface area contributed by atoms with Gasteiger partial charge in [-0.2, -0.15) is 0 Å². The summed E-state index contributed by atoms with van der Waals surface area (Å²) in [5.41, 5.74) is 2.69. The van der Waals surface area contributed by atoms with Crippen LogP contribution >= 0.6 is 0 Å². The maximum atomic E-state index is 11.7. The first kappa shape index (κ1) is 13.9. The van der Waals surface area contributed by atoms with Gasteiger partial charge in [-0.15, -0.1) is 0 Å². The second-order valence-electron chi connectivity index (χ2n) is 4.43. The van der Waals surface area contributed by atoms with E-state index >= 15 is 0 Å². The minimum Gasteiger partial charge on any atom is -0.465 e. The second kappa shape index (κ2) is 5.61. The van der Waals surface area contributed by atoms with Crippen molar-refractivity contribution in [2.24, 2.45) is 0 Å². The van der Waals surface area contributed by atoms with E-state index in [1.807, 2.05) is 36.0 Å². The van der Waals surface area contributed by atoms with Gasteiger partial charge in [0.15, 0.2) is 0 Å². The molecule has 0 bridgehead atoms. The Morgan fingerprint density at radius 3 is 2.40 bits per heavy atom. The van der Waals surface area contributed by atoms with Gasteiger partial charge in [-0.1, -0.05) is 0 Å². The summed E-state index contributed by atoms with van der Waals surface area (Å²) in [6.45, 7) is 3.32. The molecule has 0 radical (unpaired) electrons. The lowest BCUT2D eigenvalue weighted by Gasteiger charge is -2.14. The molecule has 0 atom stereocenters. The first-order chi connectivity index (χ1) is 9.52. The lowest BCUT2D eigenvalue weighted by Crippen LogP contribution is -2.11. The van der Waals surface area contributed by atoms with Crippen LogP contribution in [0.25, 0.3) is 5.69 Å². The quantitative estimate of drug-likeness (QED) is 0.873. The summed E-state index contributed by atoms with van der Waals surface area (Å²) in [4.78, 5) is 23.0. The topological polar surface area (TPSA) is 60.3 Å². The molecule has 0 aliphatic heterocycles. The highest BCUT2D eigenvalue weighted by Gasteiger charge is 2.14. The zero-order valence-electron chi connectivity index (χ0n) is 11.6. The van der Waals surface area contributed by atoms with Crippen molar-refractivity contribution < 1.29 is 14.3 Å². The third kappa shape index (κ3) is 2.71. The molecule has 0 aliphatic carbocycles. The normalized spacial score (nSPS) is 10.2. The van der Waals surface area contributed by atoms with Crippen LogP contribution in [0.1, 0.15) is 22.8 Å². The number of methoxy groups -OCH3 is 1. The van der Waals surface area contributed by atoms with Crippen molar-refractivity contribution in [1.29, 1.82) is 0 Å². The molecular weight excluding hydrogens is 256 g/mol. The minimum absolute atomic E-state index is 0.187. The Balaban J connectivity index is 2.60. The van der Waals surface area contributed by atoms with E-state index in [2.05, 4.69) is 5.32 Å². The number of carbonyl (C=O) groups is 2. The SMILES string of the molecule is COC(=O)c1cc(NC(C)=O)c(C)c(-n2cccc2)c1. The van der Waals surface area contributed by atoms with E-state index in [1.165, 1.54) is 14.0 Å². The van der Waals surface area contributed by atoms with Gasteiger partial charge in [-0.25, -0.2) is 4.79 Å². The average Bonchev–Trinajstić information content (AvgIpc) is 2.93. The first-order valence-electron chi connectivity index (χ1n) is 6.17. The molecule has 2 aromatic rings. The lowest BCUT2D eigenvalue weighted by atomic mass is 10.1. The number of carbonyl (C=O) groups excluding carboxylic acids is 2. The summed E-state index contributed by atoms with van der Waals surface area (Å²) < 4.78 is 6.63. The zero-order valence-corrected chi connectivity index (χ0v) is 11.6. The highest BCUT2D eigenvalue weighted by atomic mass is 16.5. The van der Waals surface area contributed by atoms with Crippen LogP contribution in [-0.2, 0) is 9.53 Å². The summed E-state index contributed by atoms with van der Waals surface area (Å²) in [6, 6.07) is 7.15. The number of nitrogens with zero attached hydrogens (tertiary/aromatic N) is 1. The van der Waals surface area contributed by atoms with Crippen molar-refractivity contribution in [2.75, 3.05) is 12.4 Å². The molecule has 1 aromatic carbocycles. The fraction of sp³-hybridized carbons (Fsp3) is 0.200. The maximum absolute atomic E-state index is 11.7. The van der Waals surface area contributed by atoms with E-state index in [-0.39, 0.29) is 5.91 Å². The molecular formula is C15H16N2O3. The number of esters is 1. The van der Waals surface area contributed by atoms with E-state index < -0.39 is 5.97 Å². The molecule has 0 saturated carbocycles. The molecule has 1 heterocycles. The molecule has 104 valence electrons. The second-order valence-corrected chi connectivity index (χ2v) is 4.43. The zero-order chi connectivity index (χ0) is 14.7. The summed E-state index contributed by atoms with van der Waals surface area (Å²) >= 11 is 0. The summed E-state index contributed by atoms with van der Waals surface area (Å²) in [5.74, 6) is -0.626. The molecule has 0 spiro atoms. The van der Waals surface area contributed by atoms with Crippen LogP contribution in [0.15, 0.2) is 36.7 Å². The first-order valence-corrected chi connectivity index (χ1v) is 6.17. The fourth-order valence-electron chi connectivity index (χ4n) is 2.02. The summed E-state index contributed by atoms with van der Waals surface area (Å²) in [7, 11) is 1.33. The molecule has 0 unspecified atom stereocenters. The number of anilines is 1. The van der Waals surface area contributed by atoms with E-state index in [4.69, 9.17) is 4.74 Å². The Morgan fingerprint density at radius 1 is 1.20 bits per heavy atom. The number of rotatable bonds is 3. The van der Waals surface area contributed by atoms with Crippen LogP contribution in [0.3, 0.4) is 0 Å². The average molecular weight is 272 g/mol. The summed E-state index contributed by atoms with van der Waals surface area (Å²) in [5, 5.41) is 2.73. The Kier molecular flexibility index (Phi) is 3.89. The van der Waals surface area contributed by atoms with Gasteiger partial charge in [-0.05, 0) is 36.8 Å². The van der Waals surface area contributed by atoms with Gasteiger partial charge in [0.1, 0.15) is 0 Å². The fourth-order valence-corrected chi connectivity index (χ4v) is 2.02. The van der Waals surface area contributed by atoms with Crippen molar-refractivity contribution in [3.63, 3.8) is 0 Å². The van der Waals surface area contributed by atoms with E-state index in [1.54, 1.807) is 12.1 Å². The summed E-state index contributed by atoms with van der Waals surface area (Å²) in [6.07, 6.45) is 3.75. The predicted molar refractivity (Wildman–Crippen MR) is 76.1 cm³/mol. The van der Waals surface area contributed by atoms with Crippen LogP contribution in [0.5, 0.6) is 0 Å². The largest absolute Gasteiger partial charge is 0.465 e. The van der Waals surface area contributed by atoms with Gasteiger partial charge < -0.3 is 14.6 Å². The molecule has 5 nitrogen and oxygen atoms in total. The molecule has 1 amide bonds. The Hall–Kier alpha value is -2.56. The Bertz CT molecular complexity index is 645. The molecule has 0 fully saturated rings. The lowest BCUT2D eigenvalue weighted by molar-refractivity contribution is -0.114.